The Balaban J connectivity index is 2.65. The van der Waals surface area contributed by atoms with Crippen molar-refractivity contribution in [1.29, 1.82) is 5.26 Å². The number of hydrogen-bond acceptors (Lipinski definition) is 3. The molecule has 0 fully saturated rings. The molecule has 0 aromatic heterocycles. The Morgan fingerprint density at radius 2 is 2.32 bits per heavy atom. The fourth-order valence-corrected chi connectivity index (χ4v) is 1.81. The van der Waals surface area contributed by atoms with E-state index in [1.165, 1.54) is 5.57 Å². The number of aliphatic hydroxyl groups excluding tert-OH is 1. The highest BCUT2D eigenvalue weighted by Gasteiger charge is 2.07. The van der Waals surface area contributed by atoms with E-state index in [4.69, 9.17) is 10.00 Å². The predicted molar refractivity (Wildman–Crippen MR) is 75.8 cm³/mol. The van der Waals surface area contributed by atoms with E-state index in [-0.39, 0.29) is 6.42 Å². The molecule has 0 spiro atoms. The third-order valence-electron chi connectivity index (χ3n) is 2.93. The van der Waals surface area contributed by atoms with E-state index >= 15 is 0 Å². The molecule has 0 bridgehead atoms. The molecule has 1 rings (SSSR count). The molecule has 0 radical (unpaired) electrons. The van der Waals surface area contributed by atoms with Crippen molar-refractivity contribution in [2.45, 2.75) is 39.2 Å². The first-order valence-corrected chi connectivity index (χ1v) is 6.63. The Morgan fingerprint density at radius 3 is 2.95 bits per heavy atom. The summed E-state index contributed by atoms with van der Waals surface area (Å²) in [5.41, 5.74) is 1.99. The fraction of sp³-hybridized carbons (Fsp3) is 0.438. The number of aliphatic hydroxyl groups is 1. The molecule has 0 aliphatic heterocycles. The molecule has 0 heterocycles. The Labute approximate surface area is 115 Å². The Bertz CT molecular complexity index is 460. The summed E-state index contributed by atoms with van der Waals surface area (Å²) in [5.74, 6) is 0.727. The van der Waals surface area contributed by atoms with Crippen molar-refractivity contribution in [3.8, 4) is 11.8 Å². The maximum Gasteiger partial charge on any atom is 0.120 e. The number of nitrogens with zero attached hydrogens (tertiary/aromatic N) is 1. The second-order valence-electron chi connectivity index (χ2n) is 4.44. The first-order chi connectivity index (χ1) is 9.21. The average Bonchev–Trinajstić information content (AvgIpc) is 2.44. The quantitative estimate of drug-likeness (QED) is 0.758. The molecular formula is C16H21NO2. The zero-order valence-electron chi connectivity index (χ0n) is 11.6. The lowest BCUT2D eigenvalue weighted by atomic mass is 10.1. The molecule has 0 aliphatic carbocycles. The van der Waals surface area contributed by atoms with Gasteiger partial charge in [0.2, 0.25) is 0 Å². The lowest BCUT2D eigenvalue weighted by molar-refractivity contribution is 0.183. The topological polar surface area (TPSA) is 53.2 Å². The highest BCUT2D eigenvalue weighted by Crippen LogP contribution is 2.22. The first-order valence-electron chi connectivity index (χ1n) is 6.63. The van der Waals surface area contributed by atoms with Gasteiger partial charge in [-0.05, 0) is 36.6 Å². The van der Waals surface area contributed by atoms with E-state index < -0.39 is 6.10 Å². The first kappa shape index (κ1) is 15.3. The minimum Gasteiger partial charge on any atom is -0.489 e. The molecular weight excluding hydrogens is 238 g/mol. The number of hydrogen-bond donors (Lipinski definition) is 1. The minimum atomic E-state index is -0.745. The van der Waals surface area contributed by atoms with Gasteiger partial charge < -0.3 is 9.84 Å². The van der Waals surface area contributed by atoms with Crippen LogP contribution in [0.4, 0.5) is 0 Å². The lowest BCUT2D eigenvalue weighted by Crippen LogP contribution is -2.02. The van der Waals surface area contributed by atoms with Gasteiger partial charge >= 0.3 is 0 Å². The van der Waals surface area contributed by atoms with Gasteiger partial charge in [-0.15, -0.1) is 0 Å². The van der Waals surface area contributed by atoms with E-state index in [1.54, 1.807) is 12.1 Å². The van der Waals surface area contributed by atoms with E-state index in [9.17, 15) is 5.11 Å². The monoisotopic (exact) mass is 259 g/mol. The van der Waals surface area contributed by atoms with Crippen LogP contribution in [-0.2, 0) is 0 Å². The van der Waals surface area contributed by atoms with Crippen molar-refractivity contribution in [3.63, 3.8) is 0 Å². The lowest BCUT2D eigenvalue weighted by Gasteiger charge is -2.12. The molecule has 0 saturated carbocycles. The van der Waals surface area contributed by atoms with Gasteiger partial charge in [0.15, 0.2) is 0 Å². The zero-order chi connectivity index (χ0) is 14.1. The smallest absolute Gasteiger partial charge is 0.120 e. The van der Waals surface area contributed by atoms with E-state index in [0.717, 1.165) is 24.2 Å². The van der Waals surface area contributed by atoms with Gasteiger partial charge in [-0.25, -0.2) is 0 Å². The van der Waals surface area contributed by atoms with Gasteiger partial charge in [0, 0.05) is 0 Å². The molecule has 1 aromatic rings. The third kappa shape index (κ3) is 5.15. The second-order valence-corrected chi connectivity index (χ2v) is 4.44. The number of rotatable bonds is 7. The van der Waals surface area contributed by atoms with Crippen molar-refractivity contribution < 1.29 is 9.84 Å². The molecule has 102 valence electrons. The number of benzene rings is 1. The maximum atomic E-state index is 9.76. The van der Waals surface area contributed by atoms with Crippen LogP contribution < -0.4 is 4.74 Å². The normalized spacial score (nSPS) is 12.8. The minimum absolute atomic E-state index is 0.0966. The van der Waals surface area contributed by atoms with Crippen LogP contribution in [-0.4, -0.2) is 11.7 Å². The summed E-state index contributed by atoms with van der Waals surface area (Å²) in [4.78, 5) is 0. The van der Waals surface area contributed by atoms with E-state index in [0.29, 0.717) is 6.61 Å². The van der Waals surface area contributed by atoms with E-state index in [2.05, 4.69) is 13.0 Å². The van der Waals surface area contributed by atoms with Crippen molar-refractivity contribution in [1.82, 2.24) is 0 Å². The summed E-state index contributed by atoms with van der Waals surface area (Å²) in [6, 6.07) is 9.25. The van der Waals surface area contributed by atoms with E-state index in [1.807, 2.05) is 25.1 Å². The molecule has 3 nitrogen and oxygen atoms in total. The predicted octanol–water partition coefficient (Wildman–Crippen LogP) is 3.76. The van der Waals surface area contributed by atoms with Crippen LogP contribution in [0.25, 0.3) is 0 Å². The molecule has 0 amide bonds. The molecule has 1 aromatic carbocycles. The molecule has 1 unspecified atom stereocenters. The summed E-state index contributed by atoms with van der Waals surface area (Å²) in [6.07, 6.45) is 3.57. The maximum absolute atomic E-state index is 9.76. The summed E-state index contributed by atoms with van der Waals surface area (Å²) in [6.45, 7) is 4.73. The van der Waals surface area contributed by atoms with Crippen LogP contribution >= 0.6 is 0 Å². The number of ether oxygens (including phenoxy) is 1. The Hall–Kier alpha value is -1.79. The molecule has 1 atom stereocenters. The number of allylic oxidation sites excluding steroid dienone is 1. The molecule has 1 N–H and O–H groups in total. The van der Waals surface area contributed by atoms with Gasteiger partial charge in [-0.1, -0.05) is 31.6 Å². The van der Waals surface area contributed by atoms with Crippen LogP contribution in [0.3, 0.4) is 0 Å². The van der Waals surface area contributed by atoms with Crippen molar-refractivity contribution in [2.24, 2.45) is 0 Å². The Morgan fingerprint density at radius 1 is 1.53 bits per heavy atom. The molecule has 19 heavy (non-hydrogen) atoms. The summed E-state index contributed by atoms with van der Waals surface area (Å²) >= 11 is 0. The second kappa shape index (κ2) is 8.34. The van der Waals surface area contributed by atoms with Crippen molar-refractivity contribution >= 4 is 0 Å². The van der Waals surface area contributed by atoms with Gasteiger partial charge in [0.25, 0.3) is 0 Å². The zero-order valence-corrected chi connectivity index (χ0v) is 11.6. The average molecular weight is 259 g/mol. The number of nitriles is 1. The van der Waals surface area contributed by atoms with Crippen LogP contribution in [0.15, 0.2) is 35.9 Å². The molecule has 3 heteroatoms. The summed E-state index contributed by atoms with van der Waals surface area (Å²) in [5, 5.41) is 18.3. The fourth-order valence-electron chi connectivity index (χ4n) is 1.81. The Kier molecular flexibility index (Phi) is 6.70. The van der Waals surface area contributed by atoms with Crippen molar-refractivity contribution in [2.75, 3.05) is 6.61 Å². The van der Waals surface area contributed by atoms with Gasteiger partial charge in [-0.3, -0.25) is 0 Å². The van der Waals surface area contributed by atoms with Crippen molar-refractivity contribution in [3.05, 3.63) is 41.5 Å². The third-order valence-corrected chi connectivity index (χ3v) is 2.93. The SMILES string of the molecule is C/C=C(\CCC)COc1cccc(C(O)CC#N)c1. The highest BCUT2D eigenvalue weighted by atomic mass is 16.5. The molecule has 0 saturated heterocycles. The summed E-state index contributed by atoms with van der Waals surface area (Å²) < 4.78 is 5.72. The standard InChI is InChI=1S/C16H21NO2/c1-3-6-13(4-2)12-19-15-8-5-7-14(11-15)16(18)9-10-17/h4-5,7-8,11,16,18H,3,6,9,12H2,1-2H3/b13-4+. The molecule has 0 aliphatic rings. The highest BCUT2D eigenvalue weighted by molar-refractivity contribution is 5.30. The van der Waals surface area contributed by atoms with Gasteiger partial charge in [-0.2, -0.15) is 5.26 Å². The van der Waals surface area contributed by atoms with Gasteiger partial charge in [0.1, 0.15) is 12.4 Å². The van der Waals surface area contributed by atoms with Crippen LogP contribution in [0.5, 0.6) is 5.75 Å². The van der Waals surface area contributed by atoms with Crippen LogP contribution in [0, 0.1) is 11.3 Å². The summed E-state index contributed by atoms with van der Waals surface area (Å²) in [7, 11) is 0. The van der Waals surface area contributed by atoms with Crippen LogP contribution in [0.2, 0.25) is 0 Å². The van der Waals surface area contributed by atoms with Crippen LogP contribution in [0.1, 0.15) is 44.8 Å². The largest absolute Gasteiger partial charge is 0.489 e. The van der Waals surface area contributed by atoms with Gasteiger partial charge in [0.05, 0.1) is 18.6 Å².